The third kappa shape index (κ3) is 2.77. The summed E-state index contributed by atoms with van der Waals surface area (Å²) in [5.41, 5.74) is 0.851. The minimum atomic E-state index is -0.856. The van der Waals surface area contributed by atoms with E-state index in [1.165, 1.54) is 11.3 Å². The van der Waals surface area contributed by atoms with Gasteiger partial charge in [0.05, 0.1) is 6.54 Å². The Morgan fingerprint density at radius 3 is 2.94 bits per heavy atom. The molecule has 0 aliphatic carbocycles. The summed E-state index contributed by atoms with van der Waals surface area (Å²) in [6.07, 6.45) is 3.66. The van der Waals surface area contributed by atoms with Crippen LogP contribution in [0.1, 0.15) is 21.1 Å². The highest BCUT2D eigenvalue weighted by Crippen LogP contribution is 2.18. The van der Waals surface area contributed by atoms with Crippen LogP contribution < -0.4 is 0 Å². The molecule has 18 heavy (non-hydrogen) atoms. The van der Waals surface area contributed by atoms with E-state index in [1.54, 1.807) is 6.20 Å². The van der Waals surface area contributed by atoms with E-state index >= 15 is 0 Å². The number of carbonyl (C=O) groups is 1. The first-order valence-corrected chi connectivity index (χ1v) is 6.40. The Kier molecular flexibility index (Phi) is 3.78. The first-order valence-electron chi connectivity index (χ1n) is 5.52. The second kappa shape index (κ2) is 5.32. The summed E-state index contributed by atoms with van der Waals surface area (Å²) in [6, 6.07) is 1.86. The molecular weight excluding hydrogens is 250 g/mol. The topological polar surface area (TPSA) is 58.4 Å². The van der Waals surface area contributed by atoms with E-state index in [0.29, 0.717) is 18.0 Å². The molecule has 5 nitrogen and oxygen atoms in total. The Balaban J connectivity index is 2.03. The van der Waals surface area contributed by atoms with Gasteiger partial charge in [-0.3, -0.25) is 4.90 Å². The van der Waals surface area contributed by atoms with E-state index in [0.717, 1.165) is 11.4 Å². The SMILES string of the molecule is CN(Cc1ccsc1C(=O)O)Cc1nccn1C. The number of aryl methyl sites for hydroxylation is 1. The van der Waals surface area contributed by atoms with Crippen molar-refractivity contribution < 1.29 is 9.90 Å². The minimum Gasteiger partial charge on any atom is -0.477 e. The number of rotatable bonds is 5. The van der Waals surface area contributed by atoms with E-state index < -0.39 is 5.97 Å². The first-order chi connectivity index (χ1) is 8.58. The van der Waals surface area contributed by atoms with Gasteiger partial charge in [-0.15, -0.1) is 11.3 Å². The number of nitrogens with zero attached hydrogens (tertiary/aromatic N) is 3. The van der Waals surface area contributed by atoms with Gasteiger partial charge in [-0.2, -0.15) is 0 Å². The number of carboxylic acid groups (broad SMARTS) is 1. The van der Waals surface area contributed by atoms with Crippen molar-refractivity contribution in [1.29, 1.82) is 0 Å². The highest BCUT2D eigenvalue weighted by molar-refractivity contribution is 7.12. The molecule has 0 atom stereocenters. The van der Waals surface area contributed by atoms with Gasteiger partial charge in [0, 0.05) is 26.0 Å². The monoisotopic (exact) mass is 265 g/mol. The normalized spacial score (nSPS) is 11.1. The third-order valence-corrected chi connectivity index (χ3v) is 3.66. The van der Waals surface area contributed by atoms with Crippen LogP contribution in [0.15, 0.2) is 23.8 Å². The Bertz CT molecular complexity index is 547. The highest BCUT2D eigenvalue weighted by atomic mass is 32.1. The lowest BCUT2D eigenvalue weighted by atomic mass is 10.2. The molecule has 96 valence electrons. The lowest BCUT2D eigenvalue weighted by Crippen LogP contribution is -2.20. The average Bonchev–Trinajstić information content (AvgIpc) is 2.89. The Morgan fingerprint density at radius 1 is 1.56 bits per heavy atom. The van der Waals surface area contributed by atoms with Crippen LogP contribution in [0.3, 0.4) is 0 Å². The summed E-state index contributed by atoms with van der Waals surface area (Å²) in [5.74, 6) is 0.106. The summed E-state index contributed by atoms with van der Waals surface area (Å²) in [5, 5.41) is 10.9. The molecule has 2 heterocycles. The van der Waals surface area contributed by atoms with Crippen LogP contribution in [0.4, 0.5) is 0 Å². The third-order valence-electron chi connectivity index (χ3n) is 2.71. The number of carboxylic acids is 1. The fraction of sp³-hybridized carbons (Fsp3) is 0.333. The van der Waals surface area contributed by atoms with Crippen molar-refractivity contribution in [2.24, 2.45) is 7.05 Å². The van der Waals surface area contributed by atoms with Crippen molar-refractivity contribution in [2.45, 2.75) is 13.1 Å². The zero-order chi connectivity index (χ0) is 13.1. The van der Waals surface area contributed by atoms with E-state index in [-0.39, 0.29) is 0 Å². The standard InChI is InChI=1S/C12H15N3O2S/c1-14(8-10-13-4-5-15(10)2)7-9-3-6-18-11(9)12(16)17/h3-6H,7-8H2,1-2H3,(H,16,17). The second-order valence-electron chi connectivity index (χ2n) is 4.21. The highest BCUT2D eigenvalue weighted by Gasteiger charge is 2.14. The largest absolute Gasteiger partial charge is 0.477 e. The predicted molar refractivity (Wildman–Crippen MR) is 69.7 cm³/mol. The number of thiophene rings is 1. The van der Waals surface area contributed by atoms with Crippen molar-refractivity contribution in [1.82, 2.24) is 14.5 Å². The predicted octanol–water partition coefficient (Wildman–Crippen LogP) is 1.81. The number of aromatic nitrogens is 2. The average molecular weight is 265 g/mol. The van der Waals surface area contributed by atoms with Crippen LogP contribution in [-0.2, 0) is 20.1 Å². The molecule has 1 N–H and O–H groups in total. The molecule has 2 aromatic rings. The molecule has 0 aromatic carbocycles. The summed E-state index contributed by atoms with van der Waals surface area (Å²) < 4.78 is 1.96. The maximum Gasteiger partial charge on any atom is 0.346 e. The summed E-state index contributed by atoms with van der Waals surface area (Å²) in [6.45, 7) is 1.30. The second-order valence-corrected chi connectivity index (χ2v) is 5.12. The van der Waals surface area contributed by atoms with Crippen molar-refractivity contribution in [3.63, 3.8) is 0 Å². The lowest BCUT2D eigenvalue weighted by Gasteiger charge is -2.16. The van der Waals surface area contributed by atoms with Gasteiger partial charge < -0.3 is 9.67 Å². The molecule has 0 radical (unpaired) electrons. The van der Waals surface area contributed by atoms with E-state index in [1.807, 2.05) is 36.3 Å². The van der Waals surface area contributed by atoms with E-state index in [4.69, 9.17) is 5.11 Å². The molecule has 0 aliphatic heterocycles. The molecule has 0 bridgehead atoms. The molecule has 0 saturated heterocycles. The zero-order valence-corrected chi connectivity index (χ0v) is 11.1. The van der Waals surface area contributed by atoms with E-state index in [9.17, 15) is 4.79 Å². The minimum absolute atomic E-state index is 0.418. The molecule has 0 fully saturated rings. The van der Waals surface area contributed by atoms with Crippen LogP contribution in [0.2, 0.25) is 0 Å². The molecule has 0 amide bonds. The van der Waals surface area contributed by atoms with Crippen LogP contribution >= 0.6 is 11.3 Å². The molecule has 0 aliphatic rings. The van der Waals surface area contributed by atoms with Crippen molar-refractivity contribution in [3.05, 3.63) is 40.1 Å². The van der Waals surface area contributed by atoms with Gasteiger partial charge in [0.25, 0.3) is 0 Å². The first kappa shape index (κ1) is 12.8. The number of hydrogen-bond acceptors (Lipinski definition) is 4. The molecular formula is C12H15N3O2S. The summed E-state index contributed by atoms with van der Waals surface area (Å²) >= 11 is 1.26. The Labute approximate surface area is 109 Å². The van der Waals surface area contributed by atoms with E-state index in [2.05, 4.69) is 9.88 Å². The molecule has 2 aromatic heterocycles. The summed E-state index contributed by atoms with van der Waals surface area (Å²) in [7, 11) is 3.90. The Morgan fingerprint density at radius 2 is 2.33 bits per heavy atom. The maximum absolute atomic E-state index is 11.0. The zero-order valence-electron chi connectivity index (χ0n) is 10.3. The quantitative estimate of drug-likeness (QED) is 0.895. The molecule has 6 heteroatoms. The molecule has 2 rings (SSSR count). The fourth-order valence-corrected chi connectivity index (χ4v) is 2.54. The lowest BCUT2D eigenvalue weighted by molar-refractivity contribution is 0.0700. The maximum atomic E-state index is 11.0. The molecule has 0 saturated carbocycles. The van der Waals surface area contributed by atoms with Gasteiger partial charge in [0.2, 0.25) is 0 Å². The van der Waals surface area contributed by atoms with Gasteiger partial charge in [-0.25, -0.2) is 9.78 Å². The van der Waals surface area contributed by atoms with Crippen LogP contribution in [0.25, 0.3) is 0 Å². The number of imidazole rings is 1. The van der Waals surface area contributed by atoms with Gasteiger partial charge >= 0.3 is 5.97 Å². The number of hydrogen-bond donors (Lipinski definition) is 1. The van der Waals surface area contributed by atoms with Gasteiger partial charge in [-0.05, 0) is 24.1 Å². The Hall–Kier alpha value is -1.66. The smallest absolute Gasteiger partial charge is 0.346 e. The van der Waals surface area contributed by atoms with Gasteiger partial charge in [0.15, 0.2) is 0 Å². The van der Waals surface area contributed by atoms with Crippen LogP contribution in [-0.4, -0.2) is 32.6 Å². The number of aromatic carboxylic acids is 1. The summed E-state index contributed by atoms with van der Waals surface area (Å²) in [4.78, 5) is 17.7. The van der Waals surface area contributed by atoms with Crippen LogP contribution in [0.5, 0.6) is 0 Å². The van der Waals surface area contributed by atoms with Crippen molar-refractivity contribution in [2.75, 3.05) is 7.05 Å². The molecule has 0 spiro atoms. The van der Waals surface area contributed by atoms with Crippen molar-refractivity contribution >= 4 is 17.3 Å². The van der Waals surface area contributed by atoms with Gasteiger partial charge in [0.1, 0.15) is 10.7 Å². The molecule has 0 unspecified atom stereocenters. The fourth-order valence-electron chi connectivity index (χ4n) is 1.78. The van der Waals surface area contributed by atoms with Crippen molar-refractivity contribution in [3.8, 4) is 0 Å². The van der Waals surface area contributed by atoms with Crippen LogP contribution in [0, 0.1) is 0 Å². The van der Waals surface area contributed by atoms with Gasteiger partial charge in [-0.1, -0.05) is 0 Å².